The first-order chi connectivity index (χ1) is 9.28. The Balaban J connectivity index is 2.80. The number of aliphatic hydroxyl groups excluding tert-OH is 1. The van der Waals surface area contributed by atoms with Gasteiger partial charge in [0.2, 0.25) is 0 Å². The van der Waals surface area contributed by atoms with Crippen molar-refractivity contribution in [1.29, 1.82) is 0 Å². The molecule has 0 spiro atoms. The lowest BCUT2D eigenvalue weighted by Gasteiger charge is -2.26. The highest BCUT2D eigenvalue weighted by Gasteiger charge is 2.25. The van der Waals surface area contributed by atoms with Crippen LogP contribution in [0.4, 0.5) is 0 Å². The van der Waals surface area contributed by atoms with Gasteiger partial charge in [0.05, 0.1) is 4.88 Å². The molecule has 0 bridgehead atoms. The molecule has 0 aliphatic rings. The number of aliphatic hydroxyl groups is 1. The van der Waals surface area contributed by atoms with E-state index in [1.54, 1.807) is 14.1 Å². The molecule has 5 nitrogen and oxygen atoms in total. The molecule has 112 valence electrons. The van der Waals surface area contributed by atoms with Crippen LogP contribution >= 0.6 is 11.3 Å². The largest absolute Gasteiger partial charge is 0.384 e. The molecule has 0 saturated carbocycles. The van der Waals surface area contributed by atoms with Crippen molar-refractivity contribution in [3.8, 4) is 11.8 Å². The molecule has 1 rings (SSSR count). The Morgan fingerprint density at radius 2 is 2.05 bits per heavy atom. The Morgan fingerprint density at radius 3 is 2.60 bits per heavy atom. The summed E-state index contributed by atoms with van der Waals surface area (Å²) in [6, 6.07) is 1.75. The predicted molar refractivity (Wildman–Crippen MR) is 81.6 cm³/mol. The molecule has 0 unspecified atom stereocenters. The van der Waals surface area contributed by atoms with E-state index in [4.69, 9.17) is 5.11 Å². The normalized spacial score (nSPS) is 12.0. The molecule has 0 saturated heterocycles. The van der Waals surface area contributed by atoms with Gasteiger partial charge in [-0.2, -0.15) is 17.0 Å². The molecule has 20 heavy (non-hydrogen) atoms. The number of thiophene rings is 1. The molecule has 0 fully saturated rings. The summed E-state index contributed by atoms with van der Waals surface area (Å²) in [5, 5.41) is 10.5. The van der Waals surface area contributed by atoms with Crippen molar-refractivity contribution >= 4 is 21.5 Å². The SMILES string of the molecule is CC(C)N(C)S(=O)(=O)N(C)Cc1csc(C#CCO)c1. The highest BCUT2D eigenvalue weighted by Crippen LogP contribution is 2.17. The summed E-state index contributed by atoms with van der Waals surface area (Å²) in [4.78, 5) is 0.817. The average molecular weight is 316 g/mol. The first-order valence-electron chi connectivity index (χ1n) is 6.15. The second-order valence-electron chi connectivity index (χ2n) is 4.65. The van der Waals surface area contributed by atoms with E-state index in [0.717, 1.165) is 10.4 Å². The van der Waals surface area contributed by atoms with Gasteiger partial charge in [-0.1, -0.05) is 11.8 Å². The van der Waals surface area contributed by atoms with Gasteiger partial charge in [-0.3, -0.25) is 0 Å². The Hall–Kier alpha value is -0.910. The minimum atomic E-state index is -3.45. The molecule has 0 atom stereocenters. The van der Waals surface area contributed by atoms with Crippen LogP contribution in [0.3, 0.4) is 0 Å². The van der Waals surface area contributed by atoms with Gasteiger partial charge in [-0.25, -0.2) is 0 Å². The van der Waals surface area contributed by atoms with Gasteiger partial charge < -0.3 is 5.11 Å². The fourth-order valence-electron chi connectivity index (χ4n) is 1.48. The third-order valence-electron chi connectivity index (χ3n) is 2.83. The molecular formula is C13H20N2O3S2. The Bertz CT molecular complexity index is 597. The maximum Gasteiger partial charge on any atom is 0.282 e. The predicted octanol–water partition coefficient (Wildman–Crippen LogP) is 1.11. The molecule has 1 aromatic heterocycles. The van der Waals surface area contributed by atoms with Crippen LogP contribution in [-0.4, -0.2) is 48.9 Å². The minimum absolute atomic E-state index is 0.0871. The number of hydrogen-bond donors (Lipinski definition) is 1. The van der Waals surface area contributed by atoms with Gasteiger partial charge >= 0.3 is 0 Å². The Kier molecular flexibility index (Phi) is 6.17. The van der Waals surface area contributed by atoms with E-state index in [1.807, 2.05) is 25.3 Å². The van der Waals surface area contributed by atoms with E-state index < -0.39 is 10.2 Å². The van der Waals surface area contributed by atoms with E-state index in [2.05, 4.69) is 11.8 Å². The molecule has 1 heterocycles. The molecule has 0 amide bonds. The van der Waals surface area contributed by atoms with E-state index in [9.17, 15) is 8.42 Å². The second-order valence-corrected chi connectivity index (χ2v) is 7.66. The lowest BCUT2D eigenvalue weighted by atomic mass is 10.3. The lowest BCUT2D eigenvalue weighted by molar-refractivity contribution is 0.350. The van der Waals surface area contributed by atoms with E-state index in [1.165, 1.54) is 19.9 Å². The van der Waals surface area contributed by atoms with Crippen molar-refractivity contribution < 1.29 is 13.5 Å². The summed E-state index contributed by atoms with van der Waals surface area (Å²) in [5.41, 5.74) is 0.889. The first kappa shape index (κ1) is 17.1. The fourth-order valence-corrected chi connectivity index (χ4v) is 3.53. The number of hydrogen-bond acceptors (Lipinski definition) is 4. The fraction of sp³-hybridized carbons (Fsp3) is 0.538. The minimum Gasteiger partial charge on any atom is -0.384 e. The standard InChI is InChI=1S/C13H20N2O3S2/c1-11(2)15(4)20(17,18)14(3)9-12-8-13(19-10-12)6-5-7-16/h8,10-11,16H,7,9H2,1-4H3. The van der Waals surface area contributed by atoms with E-state index >= 15 is 0 Å². The van der Waals surface area contributed by atoms with Crippen LogP contribution in [-0.2, 0) is 16.8 Å². The molecule has 0 radical (unpaired) electrons. The number of rotatable bonds is 5. The van der Waals surface area contributed by atoms with Crippen molar-refractivity contribution in [3.63, 3.8) is 0 Å². The smallest absolute Gasteiger partial charge is 0.282 e. The van der Waals surface area contributed by atoms with Crippen LogP contribution in [0.2, 0.25) is 0 Å². The zero-order valence-corrected chi connectivity index (χ0v) is 13.8. The van der Waals surface area contributed by atoms with Crippen molar-refractivity contribution in [1.82, 2.24) is 8.61 Å². The van der Waals surface area contributed by atoms with Gasteiger partial charge in [-0.05, 0) is 30.9 Å². The third-order valence-corrected chi connectivity index (χ3v) is 5.80. The van der Waals surface area contributed by atoms with E-state index in [-0.39, 0.29) is 12.6 Å². The third kappa shape index (κ3) is 4.30. The quantitative estimate of drug-likeness (QED) is 0.828. The summed E-state index contributed by atoms with van der Waals surface area (Å²) in [7, 11) is -0.317. The zero-order chi connectivity index (χ0) is 15.3. The molecule has 1 N–H and O–H groups in total. The van der Waals surface area contributed by atoms with Crippen LogP contribution in [0.15, 0.2) is 11.4 Å². The van der Waals surface area contributed by atoms with E-state index in [0.29, 0.717) is 6.54 Å². The molecule has 0 aliphatic carbocycles. The molecule has 0 aromatic carbocycles. The van der Waals surface area contributed by atoms with Crippen molar-refractivity contribution in [2.45, 2.75) is 26.4 Å². The van der Waals surface area contributed by atoms with Crippen molar-refractivity contribution in [2.24, 2.45) is 0 Å². The van der Waals surface area contributed by atoms with Gasteiger partial charge in [0, 0.05) is 26.7 Å². The topological polar surface area (TPSA) is 60.9 Å². The summed E-state index contributed by atoms with van der Waals surface area (Å²) in [5.74, 6) is 5.38. The Labute approximate surface area is 125 Å². The second kappa shape index (κ2) is 7.20. The Morgan fingerprint density at radius 1 is 1.40 bits per heavy atom. The van der Waals surface area contributed by atoms with Crippen LogP contribution in [0.1, 0.15) is 24.3 Å². The summed E-state index contributed by atoms with van der Waals surface area (Å²) < 4.78 is 27.2. The summed E-state index contributed by atoms with van der Waals surface area (Å²) in [6.07, 6.45) is 0. The van der Waals surface area contributed by atoms with Crippen LogP contribution < -0.4 is 0 Å². The van der Waals surface area contributed by atoms with Crippen molar-refractivity contribution in [2.75, 3.05) is 20.7 Å². The van der Waals surface area contributed by atoms with Gasteiger partial charge in [0.25, 0.3) is 10.2 Å². The van der Waals surface area contributed by atoms with Gasteiger partial charge in [0.15, 0.2) is 0 Å². The molecule has 1 aromatic rings. The molecule has 0 aliphatic heterocycles. The van der Waals surface area contributed by atoms with Crippen LogP contribution in [0.25, 0.3) is 0 Å². The monoisotopic (exact) mass is 316 g/mol. The lowest BCUT2D eigenvalue weighted by Crippen LogP contribution is -2.42. The van der Waals surface area contributed by atoms with Gasteiger partial charge in [-0.15, -0.1) is 11.3 Å². The summed E-state index contributed by atoms with van der Waals surface area (Å²) in [6.45, 7) is 3.79. The maximum absolute atomic E-state index is 12.2. The average Bonchev–Trinajstić information content (AvgIpc) is 2.82. The van der Waals surface area contributed by atoms with Gasteiger partial charge in [0.1, 0.15) is 6.61 Å². The maximum atomic E-state index is 12.2. The highest BCUT2D eigenvalue weighted by atomic mass is 32.2. The van der Waals surface area contributed by atoms with Crippen LogP contribution in [0.5, 0.6) is 0 Å². The highest BCUT2D eigenvalue weighted by molar-refractivity contribution is 7.86. The molecule has 7 heteroatoms. The number of nitrogens with zero attached hydrogens (tertiary/aromatic N) is 2. The zero-order valence-electron chi connectivity index (χ0n) is 12.1. The first-order valence-corrected chi connectivity index (χ1v) is 8.43. The molecular weight excluding hydrogens is 296 g/mol. The van der Waals surface area contributed by atoms with Crippen molar-refractivity contribution in [3.05, 3.63) is 21.9 Å². The summed E-state index contributed by atoms with van der Waals surface area (Å²) >= 11 is 1.44. The van der Waals surface area contributed by atoms with Crippen LogP contribution in [0, 0.1) is 11.8 Å².